The number of nitrogens with one attached hydrogen (secondary N) is 5. The number of nitrogens with two attached hydrogens (primary N) is 1. The van der Waals surface area contributed by atoms with Crippen molar-refractivity contribution >= 4 is 40.6 Å². The van der Waals surface area contributed by atoms with Crippen LogP contribution in [-0.4, -0.2) is 152 Å². The zero-order chi connectivity index (χ0) is 47.8. The Morgan fingerprint density at radius 1 is 0.738 bits per heavy atom. The van der Waals surface area contributed by atoms with Crippen molar-refractivity contribution in [3.63, 3.8) is 0 Å². The van der Waals surface area contributed by atoms with Crippen molar-refractivity contribution in [2.45, 2.75) is 114 Å². The standard InChI is InChI=1S/C11H18N5O14P3.4C6H15N/c1-11(19)6(17)4(2-27-32(23,24)30-33(25,26)29-31(20,21)22)28-9(11)16-3-13-5-7(16)14-10(12)15-8(5)18;4*1-4-7(5-2)6-3/h3-4,6,9,17,19H,2H2,1H3,(H,23,24)(H,25,26)(H2,20,21,22)(H3,12,14,15,18);4*4-6H2,1-3H3/p+4/t4-,6+,9-,11?;;;;/m1..../s1. The number of aromatic amines is 1. The molecule has 0 aromatic carbocycles. The lowest BCUT2D eigenvalue weighted by molar-refractivity contribution is -0.894. The molecule has 0 amide bonds. The Morgan fingerprint density at radius 3 is 1.44 bits per heavy atom. The fourth-order valence-electron chi connectivity index (χ4n) is 5.96. The van der Waals surface area contributed by atoms with Crippen LogP contribution in [0.1, 0.15) is 96.2 Å². The van der Waals surface area contributed by atoms with Crippen LogP contribution in [0.5, 0.6) is 0 Å². The molecule has 2 aromatic rings. The molecule has 0 bridgehead atoms. The van der Waals surface area contributed by atoms with Crippen LogP contribution in [0.4, 0.5) is 5.95 Å². The van der Waals surface area contributed by atoms with Crippen LogP contribution in [-0.2, 0) is 31.6 Å². The first-order valence-electron chi connectivity index (χ1n) is 21.2. The second-order valence-corrected chi connectivity index (χ2v) is 18.5. The summed E-state index contributed by atoms with van der Waals surface area (Å²) >= 11 is 0. The smallest absolute Gasteiger partial charge is 0.387 e. The van der Waals surface area contributed by atoms with Gasteiger partial charge in [0.2, 0.25) is 5.95 Å². The second kappa shape index (κ2) is 30.4. The molecule has 0 aliphatic carbocycles. The number of H-pyrrole nitrogens is 1. The highest BCUT2D eigenvalue weighted by atomic mass is 31.3. The van der Waals surface area contributed by atoms with Crippen LogP contribution in [0.15, 0.2) is 11.1 Å². The monoisotopic (exact) mass is 946 g/mol. The van der Waals surface area contributed by atoms with Gasteiger partial charge < -0.3 is 59.9 Å². The lowest BCUT2D eigenvalue weighted by Gasteiger charge is -2.27. The summed E-state index contributed by atoms with van der Waals surface area (Å²) in [4.78, 5) is 64.3. The van der Waals surface area contributed by atoms with Crippen molar-refractivity contribution in [3.05, 3.63) is 16.7 Å². The number of ether oxygens (including phenoxy) is 1. The first-order valence-corrected chi connectivity index (χ1v) is 25.7. The number of phosphoric ester groups is 1. The summed E-state index contributed by atoms with van der Waals surface area (Å²) in [6.45, 7) is 42.0. The largest absolute Gasteiger partial charge is 0.490 e. The van der Waals surface area contributed by atoms with Gasteiger partial charge in [-0.05, 0) is 90.0 Å². The lowest BCUT2D eigenvalue weighted by atomic mass is 9.96. The molecule has 13 N–H and O–H groups in total. The number of nitrogens with zero attached hydrogens (tertiary/aromatic N) is 3. The number of nitrogen functional groups attached to an aromatic ring is 1. The number of anilines is 1. The molecule has 1 saturated heterocycles. The van der Waals surface area contributed by atoms with Crippen LogP contribution >= 0.6 is 23.5 Å². The van der Waals surface area contributed by atoms with Gasteiger partial charge in [-0.1, -0.05) is 0 Å². The maximum absolute atomic E-state index is 11.9. The Hall–Kier alpha value is -1.72. The molecule has 23 nitrogen and oxygen atoms in total. The third kappa shape index (κ3) is 23.2. The molecule has 3 unspecified atom stereocenters. The van der Waals surface area contributed by atoms with Crippen LogP contribution in [0.3, 0.4) is 0 Å². The van der Waals surface area contributed by atoms with Crippen LogP contribution in [0.2, 0.25) is 0 Å². The third-order valence-corrected chi connectivity index (χ3v) is 14.1. The Kier molecular flexibility index (Phi) is 30.6. The Labute approximate surface area is 362 Å². The van der Waals surface area contributed by atoms with E-state index in [-0.39, 0.29) is 17.1 Å². The number of hydrogen-bond donors (Lipinski definition) is 12. The van der Waals surface area contributed by atoms with E-state index in [1.807, 2.05) is 0 Å². The van der Waals surface area contributed by atoms with E-state index in [4.69, 9.17) is 25.2 Å². The number of phosphoric acid groups is 3. The minimum Gasteiger partial charge on any atom is -0.387 e. The fourth-order valence-corrected chi connectivity index (χ4v) is 8.99. The zero-order valence-electron chi connectivity index (χ0n) is 38.7. The SMILES string of the molecule is CC1(O)[C@@H](O)[C@@H](COP(=O)(O)OP(=O)(O)OP(=O)(O)O)O[C@H]1n1cnc2c(=O)[nH]c(N)nc21.CC[NH+](CC)CC.CC[NH+](CC)CC.CC[NH+](CC)CC.CC[NH+](CC)CC. The molecule has 1 aliphatic heterocycles. The molecule has 6 atom stereocenters. The zero-order valence-corrected chi connectivity index (χ0v) is 41.4. The second-order valence-electron chi connectivity index (χ2n) is 14.1. The molecule has 1 aliphatic rings. The quantitative estimate of drug-likeness (QED) is 0.0626. The van der Waals surface area contributed by atoms with E-state index >= 15 is 0 Å². The molecule has 3 heterocycles. The van der Waals surface area contributed by atoms with E-state index in [9.17, 15) is 33.6 Å². The first-order chi connectivity index (χ1) is 28.3. The van der Waals surface area contributed by atoms with Crippen LogP contribution in [0.25, 0.3) is 11.2 Å². The third-order valence-electron chi connectivity index (χ3n) is 10.3. The summed E-state index contributed by atoms with van der Waals surface area (Å²) in [6, 6.07) is 0. The number of hydrogen-bond acceptors (Lipinski definition) is 13. The van der Waals surface area contributed by atoms with Gasteiger partial charge in [0, 0.05) is 0 Å². The fraction of sp³-hybridized carbons (Fsp3) is 0.857. The van der Waals surface area contributed by atoms with E-state index in [1.54, 1.807) is 19.6 Å². The van der Waals surface area contributed by atoms with E-state index in [2.05, 4.69) is 111 Å². The van der Waals surface area contributed by atoms with Crippen LogP contribution in [0, 0.1) is 0 Å². The molecular weight excluding hydrogens is 863 g/mol. The van der Waals surface area contributed by atoms with Crippen molar-refractivity contribution in [2.75, 3.05) is 90.9 Å². The minimum absolute atomic E-state index is 0.123. The van der Waals surface area contributed by atoms with E-state index in [1.165, 1.54) is 78.5 Å². The van der Waals surface area contributed by atoms with E-state index < -0.39 is 59.7 Å². The molecule has 0 saturated carbocycles. The highest BCUT2D eigenvalue weighted by Crippen LogP contribution is 2.66. The summed E-state index contributed by atoms with van der Waals surface area (Å²) in [5.74, 6) is -0.281. The molecule has 1 fully saturated rings. The molecule has 2 aromatic heterocycles. The number of quaternary nitrogens is 4. The van der Waals surface area contributed by atoms with E-state index in [0.717, 1.165) is 17.8 Å². The predicted octanol–water partition coefficient (Wildman–Crippen LogP) is -2.22. The summed E-state index contributed by atoms with van der Waals surface area (Å²) in [5, 5.41) is 21.1. The number of aromatic nitrogens is 4. The number of rotatable bonds is 20. The van der Waals surface area contributed by atoms with Gasteiger partial charge in [0.1, 0.15) is 17.8 Å². The van der Waals surface area contributed by atoms with Crippen molar-refractivity contribution in [1.82, 2.24) is 19.5 Å². The Morgan fingerprint density at radius 2 is 1.11 bits per heavy atom. The van der Waals surface area contributed by atoms with Crippen LogP contribution < -0.4 is 30.9 Å². The van der Waals surface area contributed by atoms with Gasteiger partial charge in [-0.3, -0.25) is 18.9 Å². The van der Waals surface area contributed by atoms with Gasteiger partial charge in [0.25, 0.3) is 5.56 Å². The summed E-state index contributed by atoms with van der Waals surface area (Å²) in [6.07, 6.45) is -3.78. The average molecular weight is 946 g/mol. The summed E-state index contributed by atoms with van der Waals surface area (Å²) < 4.78 is 52.0. The molecule has 3 rings (SSSR count). The van der Waals surface area contributed by atoms with Gasteiger partial charge in [-0.15, -0.1) is 0 Å². The number of aliphatic hydroxyl groups is 2. The number of fused-ring (bicyclic) bond motifs is 1. The highest BCUT2D eigenvalue weighted by Gasteiger charge is 2.54. The molecule has 0 spiro atoms. The molecule has 61 heavy (non-hydrogen) atoms. The molecule has 26 heteroatoms. The van der Waals surface area contributed by atoms with Crippen molar-refractivity contribution in [3.8, 4) is 0 Å². The lowest BCUT2D eigenvalue weighted by Crippen LogP contribution is -3.11. The maximum atomic E-state index is 11.9. The average Bonchev–Trinajstić information content (AvgIpc) is 3.70. The van der Waals surface area contributed by atoms with Gasteiger partial charge in [0.15, 0.2) is 17.4 Å². The minimum atomic E-state index is -5.75. The normalized spacial score (nSPS) is 20.8. The van der Waals surface area contributed by atoms with E-state index in [0.29, 0.717) is 0 Å². The molecular formula is C35H82N9O14P3+4. The number of imidazole rings is 1. The van der Waals surface area contributed by atoms with Crippen molar-refractivity contribution < 1.29 is 81.0 Å². The Bertz CT molecular complexity index is 1600. The van der Waals surface area contributed by atoms with Gasteiger partial charge in [0.05, 0.1) is 91.5 Å². The first kappa shape index (κ1) is 61.4. The molecule has 362 valence electrons. The Balaban J connectivity index is 0. The summed E-state index contributed by atoms with van der Waals surface area (Å²) in [5.41, 5.74) is 2.40. The maximum Gasteiger partial charge on any atom is 0.490 e. The van der Waals surface area contributed by atoms with Crippen molar-refractivity contribution in [1.29, 1.82) is 0 Å². The highest BCUT2D eigenvalue weighted by molar-refractivity contribution is 7.66. The number of aliphatic hydroxyl groups excluding tert-OH is 1. The van der Waals surface area contributed by atoms with Gasteiger partial charge in [-0.2, -0.15) is 13.6 Å². The predicted molar refractivity (Wildman–Crippen MR) is 233 cm³/mol. The van der Waals surface area contributed by atoms with Gasteiger partial charge in [-0.25, -0.2) is 18.7 Å². The molecule has 0 radical (unpaired) electrons. The van der Waals surface area contributed by atoms with Crippen molar-refractivity contribution in [2.24, 2.45) is 0 Å². The summed E-state index contributed by atoms with van der Waals surface area (Å²) in [7, 11) is -16.8. The van der Waals surface area contributed by atoms with Gasteiger partial charge >= 0.3 is 23.5 Å². The topological polar surface area (TPSA) is 317 Å².